The van der Waals surface area contributed by atoms with Gasteiger partial charge >= 0.3 is 0 Å². The van der Waals surface area contributed by atoms with Crippen LogP contribution in [0.15, 0.2) is 18.2 Å². The van der Waals surface area contributed by atoms with Crippen LogP contribution in [0.4, 0.5) is 0 Å². The molecule has 0 bridgehead atoms. The molecule has 1 aromatic rings. The van der Waals surface area contributed by atoms with Crippen LogP contribution in [0.5, 0.6) is 0 Å². The summed E-state index contributed by atoms with van der Waals surface area (Å²) < 4.78 is 0. The van der Waals surface area contributed by atoms with Crippen LogP contribution in [0.1, 0.15) is 34.8 Å². The lowest BCUT2D eigenvalue weighted by atomic mass is 9.92. The van der Waals surface area contributed by atoms with Crippen LogP contribution in [0, 0.1) is 19.8 Å². The highest BCUT2D eigenvalue weighted by Gasteiger charge is 2.18. The number of Topliss-reactive ketones (excluding diaryl/α,β-unsaturated/α-hetero) is 1. The van der Waals surface area contributed by atoms with Crippen molar-refractivity contribution in [2.75, 3.05) is 6.61 Å². The predicted octanol–water partition coefficient (Wildman–Crippen LogP) is 2.50. The van der Waals surface area contributed by atoms with Crippen molar-refractivity contribution in [3.63, 3.8) is 0 Å². The van der Waals surface area contributed by atoms with E-state index in [0.717, 1.165) is 16.7 Å². The average Bonchev–Trinajstić information content (AvgIpc) is 2.19. The van der Waals surface area contributed by atoms with E-state index >= 15 is 0 Å². The first kappa shape index (κ1) is 11.9. The molecule has 0 amide bonds. The minimum Gasteiger partial charge on any atom is -0.396 e. The van der Waals surface area contributed by atoms with Crippen molar-refractivity contribution in [2.45, 2.75) is 27.2 Å². The molecule has 0 saturated heterocycles. The van der Waals surface area contributed by atoms with Crippen LogP contribution in [0.3, 0.4) is 0 Å². The summed E-state index contributed by atoms with van der Waals surface area (Å²) in [5.74, 6) is -0.205. The lowest BCUT2D eigenvalue weighted by Gasteiger charge is -2.12. The molecule has 0 aliphatic heterocycles. The molecule has 1 unspecified atom stereocenters. The van der Waals surface area contributed by atoms with Crippen molar-refractivity contribution in [3.05, 3.63) is 34.9 Å². The molecule has 0 saturated carbocycles. The summed E-state index contributed by atoms with van der Waals surface area (Å²) in [5.41, 5.74) is 2.88. The summed E-state index contributed by atoms with van der Waals surface area (Å²) in [5, 5.41) is 9.08. The van der Waals surface area contributed by atoms with Crippen LogP contribution < -0.4 is 0 Å². The van der Waals surface area contributed by atoms with Gasteiger partial charge in [0.1, 0.15) is 0 Å². The molecule has 82 valence electrons. The van der Waals surface area contributed by atoms with Crippen molar-refractivity contribution < 1.29 is 9.90 Å². The molecule has 1 atom stereocenters. The Bertz CT molecular complexity index is 352. The zero-order valence-corrected chi connectivity index (χ0v) is 9.58. The predicted molar refractivity (Wildman–Crippen MR) is 61.1 cm³/mol. The van der Waals surface area contributed by atoms with Gasteiger partial charge in [-0.3, -0.25) is 4.79 Å². The quantitative estimate of drug-likeness (QED) is 0.768. The van der Waals surface area contributed by atoms with Crippen LogP contribution in [-0.2, 0) is 0 Å². The van der Waals surface area contributed by atoms with E-state index in [1.165, 1.54) is 0 Å². The van der Waals surface area contributed by atoms with Crippen LogP contribution in [0.25, 0.3) is 0 Å². The third-order valence-corrected chi connectivity index (χ3v) is 2.73. The van der Waals surface area contributed by atoms with E-state index in [2.05, 4.69) is 0 Å². The van der Waals surface area contributed by atoms with E-state index in [0.29, 0.717) is 6.42 Å². The molecule has 0 aliphatic rings. The Morgan fingerprint density at radius 1 is 1.40 bits per heavy atom. The van der Waals surface area contributed by atoms with E-state index in [-0.39, 0.29) is 18.3 Å². The van der Waals surface area contributed by atoms with E-state index in [4.69, 9.17) is 5.11 Å². The number of carbonyl (C=O) groups is 1. The van der Waals surface area contributed by atoms with Gasteiger partial charge in [-0.2, -0.15) is 0 Å². The van der Waals surface area contributed by atoms with Gasteiger partial charge in [-0.25, -0.2) is 0 Å². The highest BCUT2D eigenvalue weighted by molar-refractivity contribution is 5.99. The van der Waals surface area contributed by atoms with Crippen molar-refractivity contribution in [2.24, 2.45) is 5.92 Å². The van der Waals surface area contributed by atoms with Crippen LogP contribution in [0.2, 0.25) is 0 Å². The molecule has 1 rings (SSSR count). The van der Waals surface area contributed by atoms with Gasteiger partial charge in [0.2, 0.25) is 0 Å². The second kappa shape index (κ2) is 5.08. The normalized spacial score (nSPS) is 12.5. The lowest BCUT2D eigenvalue weighted by molar-refractivity contribution is 0.0856. The Hall–Kier alpha value is -1.15. The summed E-state index contributed by atoms with van der Waals surface area (Å²) in [6.45, 7) is 5.79. The minimum atomic E-state index is -0.258. The lowest BCUT2D eigenvalue weighted by Crippen LogP contribution is -2.18. The van der Waals surface area contributed by atoms with Gasteiger partial charge in [0.25, 0.3) is 0 Å². The SMILES string of the molecule is CCC(CO)C(=O)c1ccc(C)cc1C. The molecule has 0 heterocycles. The molecule has 15 heavy (non-hydrogen) atoms. The summed E-state index contributed by atoms with van der Waals surface area (Å²) >= 11 is 0. The number of aliphatic hydroxyl groups excluding tert-OH is 1. The maximum Gasteiger partial charge on any atom is 0.168 e. The number of benzene rings is 1. The Labute approximate surface area is 90.9 Å². The number of carbonyl (C=O) groups excluding carboxylic acids is 1. The fourth-order valence-corrected chi connectivity index (χ4v) is 1.71. The Kier molecular flexibility index (Phi) is 4.04. The first-order valence-electron chi connectivity index (χ1n) is 5.32. The number of hydrogen-bond donors (Lipinski definition) is 1. The van der Waals surface area contributed by atoms with Crippen molar-refractivity contribution in [1.29, 1.82) is 0 Å². The van der Waals surface area contributed by atoms with Crippen molar-refractivity contribution >= 4 is 5.78 Å². The molecule has 0 fully saturated rings. The van der Waals surface area contributed by atoms with E-state index in [9.17, 15) is 4.79 Å². The second-order valence-electron chi connectivity index (χ2n) is 3.97. The smallest absolute Gasteiger partial charge is 0.168 e. The zero-order chi connectivity index (χ0) is 11.4. The molecule has 1 N–H and O–H groups in total. The fraction of sp³-hybridized carbons (Fsp3) is 0.462. The number of hydrogen-bond acceptors (Lipinski definition) is 2. The Morgan fingerprint density at radius 2 is 2.07 bits per heavy atom. The van der Waals surface area contributed by atoms with E-state index < -0.39 is 0 Å². The van der Waals surface area contributed by atoms with E-state index in [1.807, 2.05) is 39.0 Å². The van der Waals surface area contributed by atoms with Gasteiger partial charge in [-0.1, -0.05) is 30.7 Å². The number of ketones is 1. The first-order chi connectivity index (χ1) is 7.10. The molecule has 1 aromatic carbocycles. The van der Waals surface area contributed by atoms with Crippen molar-refractivity contribution in [3.8, 4) is 0 Å². The molecule has 0 aliphatic carbocycles. The molecule has 0 radical (unpaired) electrons. The van der Waals surface area contributed by atoms with Gasteiger partial charge < -0.3 is 5.11 Å². The number of rotatable bonds is 4. The van der Waals surface area contributed by atoms with Gasteiger partial charge in [-0.15, -0.1) is 0 Å². The average molecular weight is 206 g/mol. The molecular formula is C13H18O2. The van der Waals surface area contributed by atoms with Crippen molar-refractivity contribution in [1.82, 2.24) is 0 Å². The van der Waals surface area contributed by atoms with E-state index in [1.54, 1.807) is 0 Å². The topological polar surface area (TPSA) is 37.3 Å². The highest BCUT2D eigenvalue weighted by atomic mass is 16.3. The van der Waals surface area contributed by atoms with Gasteiger partial charge in [0.15, 0.2) is 5.78 Å². The summed E-state index contributed by atoms with van der Waals surface area (Å²) in [7, 11) is 0. The zero-order valence-electron chi connectivity index (χ0n) is 9.58. The molecule has 0 aromatic heterocycles. The third kappa shape index (κ3) is 2.66. The minimum absolute atomic E-state index is 0.0532. The Morgan fingerprint density at radius 3 is 2.53 bits per heavy atom. The monoisotopic (exact) mass is 206 g/mol. The second-order valence-corrected chi connectivity index (χ2v) is 3.97. The summed E-state index contributed by atoms with van der Waals surface area (Å²) in [6.07, 6.45) is 0.683. The number of aryl methyl sites for hydroxylation is 2. The Balaban J connectivity index is 3.00. The van der Waals surface area contributed by atoms with Crippen LogP contribution >= 0.6 is 0 Å². The standard InChI is InChI=1S/C13H18O2/c1-4-11(8-14)13(15)12-6-5-9(2)7-10(12)3/h5-7,11,14H,4,8H2,1-3H3. The fourth-order valence-electron chi connectivity index (χ4n) is 1.71. The molecule has 0 spiro atoms. The highest BCUT2D eigenvalue weighted by Crippen LogP contribution is 2.17. The third-order valence-electron chi connectivity index (χ3n) is 2.73. The summed E-state index contributed by atoms with van der Waals surface area (Å²) in [6, 6.07) is 5.78. The van der Waals surface area contributed by atoms with Gasteiger partial charge in [0.05, 0.1) is 6.61 Å². The summed E-state index contributed by atoms with van der Waals surface area (Å²) in [4.78, 5) is 12.0. The molecule has 2 nitrogen and oxygen atoms in total. The maximum absolute atomic E-state index is 12.0. The first-order valence-corrected chi connectivity index (χ1v) is 5.32. The molecule has 2 heteroatoms. The largest absolute Gasteiger partial charge is 0.396 e. The number of aliphatic hydroxyl groups is 1. The van der Waals surface area contributed by atoms with Gasteiger partial charge in [-0.05, 0) is 25.8 Å². The van der Waals surface area contributed by atoms with Crippen LogP contribution in [-0.4, -0.2) is 17.5 Å². The molecular weight excluding hydrogens is 188 g/mol. The maximum atomic E-state index is 12.0. The van der Waals surface area contributed by atoms with Gasteiger partial charge in [0, 0.05) is 11.5 Å².